The highest BCUT2D eigenvalue weighted by Gasteiger charge is 2.23. The summed E-state index contributed by atoms with van der Waals surface area (Å²) in [6.07, 6.45) is 0.380. The van der Waals surface area contributed by atoms with E-state index in [0.29, 0.717) is 6.42 Å². The van der Waals surface area contributed by atoms with Crippen molar-refractivity contribution in [2.75, 3.05) is 0 Å². The average Bonchev–Trinajstić information content (AvgIpc) is 1.81. The lowest BCUT2D eigenvalue weighted by molar-refractivity contribution is -0.126. The van der Waals surface area contributed by atoms with Crippen molar-refractivity contribution in [3.63, 3.8) is 0 Å². The van der Waals surface area contributed by atoms with Gasteiger partial charge in [-0.2, -0.15) is 0 Å². The van der Waals surface area contributed by atoms with E-state index in [-0.39, 0.29) is 17.6 Å². The zero-order chi connectivity index (χ0) is 10.6. The number of carbonyl (C=O) groups is 2. The Bertz CT molecular complexity index is 207. The van der Waals surface area contributed by atoms with E-state index in [1.54, 1.807) is 0 Å². The summed E-state index contributed by atoms with van der Waals surface area (Å²) >= 11 is 0. The number of hydrogen-bond donors (Lipinski definition) is 1. The van der Waals surface area contributed by atoms with Gasteiger partial charge in [-0.15, -0.1) is 0 Å². The fourth-order valence-electron chi connectivity index (χ4n) is 1.14. The molecule has 1 amide bonds. The smallest absolute Gasteiger partial charge is 0.222 e. The van der Waals surface area contributed by atoms with Crippen LogP contribution in [-0.4, -0.2) is 17.2 Å². The third-order valence-corrected chi connectivity index (χ3v) is 1.68. The highest BCUT2D eigenvalue weighted by Crippen LogP contribution is 2.09. The molecule has 0 radical (unpaired) electrons. The Morgan fingerprint density at radius 3 is 2.08 bits per heavy atom. The van der Waals surface area contributed by atoms with Crippen LogP contribution in [0.4, 0.5) is 0 Å². The van der Waals surface area contributed by atoms with Crippen LogP contribution in [0.1, 0.15) is 41.0 Å². The molecule has 1 N–H and O–H groups in total. The summed E-state index contributed by atoms with van der Waals surface area (Å²) in [6, 6.07) is 0. The van der Waals surface area contributed by atoms with Crippen molar-refractivity contribution < 1.29 is 9.59 Å². The van der Waals surface area contributed by atoms with Crippen molar-refractivity contribution >= 4 is 11.7 Å². The minimum atomic E-state index is -0.423. The van der Waals surface area contributed by atoms with E-state index in [9.17, 15) is 9.59 Å². The minimum Gasteiger partial charge on any atom is -0.351 e. The molecule has 0 spiro atoms. The number of Topliss-reactive ketones (excluding diaryl/α,β-unsaturated/α-hetero) is 1. The van der Waals surface area contributed by atoms with E-state index >= 15 is 0 Å². The SMILES string of the molecule is CC(=O)CC(C)(C)NC(=O)C(C)C. The van der Waals surface area contributed by atoms with Gasteiger partial charge in [-0.1, -0.05) is 13.8 Å². The topological polar surface area (TPSA) is 46.2 Å². The number of nitrogens with one attached hydrogen (secondary N) is 1. The number of amides is 1. The monoisotopic (exact) mass is 185 g/mol. The average molecular weight is 185 g/mol. The summed E-state index contributed by atoms with van der Waals surface area (Å²) in [5.41, 5.74) is -0.423. The number of hydrogen-bond acceptors (Lipinski definition) is 2. The molecule has 0 aromatic rings. The summed E-state index contributed by atoms with van der Waals surface area (Å²) in [6.45, 7) is 8.91. The van der Waals surface area contributed by atoms with E-state index in [1.807, 2.05) is 27.7 Å². The Morgan fingerprint density at radius 2 is 1.77 bits per heavy atom. The highest BCUT2D eigenvalue weighted by molar-refractivity contribution is 5.81. The van der Waals surface area contributed by atoms with Gasteiger partial charge in [-0.05, 0) is 20.8 Å². The van der Waals surface area contributed by atoms with Crippen LogP contribution in [0.25, 0.3) is 0 Å². The molecule has 0 heterocycles. The van der Waals surface area contributed by atoms with Crippen molar-refractivity contribution in [1.29, 1.82) is 0 Å². The molecule has 0 aromatic carbocycles. The van der Waals surface area contributed by atoms with Gasteiger partial charge in [0.1, 0.15) is 5.78 Å². The molecule has 0 bridgehead atoms. The van der Waals surface area contributed by atoms with Gasteiger partial charge in [0.15, 0.2) is 0 Å². The maximum Gasteiger partial charge on any atom is 0.222 e. The van der Waals surface area contributed by atoms with E-state index in [4.69, 9.17) is 0 Å². The van der Waals surface area contributed by atoms with Gasteiger partial charge in [-0.25, -0.2) is 0 Å². The van der Waals surface area contributed by atoms with Crippen molar-refractivity contribution in [2.24, 2.45) is 5.92 Å². The van der Waals surface area contributed by atoms with Crippen LogP contribution in [0.2, 0.25) is 0 Å². The van der Waals surface area contributed by atoms with Crippen molar-refractivity contribution in [1.82, 2.24) is 5.32 Å². The Kier molecular flexibility index (Phi) is 4.11. The van der Waals surface area contributed by atoms with Crippen LogP contribution < -0.4 is 5.32 Å². The van der Waals surface area contributed by atoms with Crippen LogP contribution in [0.15, 0.2) is 0 Å². The van der Waals surface area contributed by atoms with Gasteiger partial charge in [0.25, 0.3) is 0 Å². The van der Waals surface area contributed by atoms with Crippen molar-refractivity contribution in [3.8, 4) is 0 Å². The first kappa shape index (κ1) is 12.1. The molecule has 0 rings (SSSR count). The molecule has 3 heteroatoms. The Labute approximate surface area is 79.9 Å². The van der Waals surface area contributed by atoms with Gasteiger partial charge in [0, 0.05) is 17.9 Å². The van der Waals surface area contributed by atoms with Crippen LogP contribution in [0.5, 0.6) is 0 Å². The maximum atomic E-state index is 11.3. The van der Waals surface area contributed by atoms with Gasteiger partial charge in [0.2, 0.25) is 5.91 Å². The second-order valence-electron chi connectivity index (χ2n) is 4.41. The van der Waals surface area contributed by atoms with E-state index in [1.165, 1.54) is 6.92 Å². The second-order valence-corrected chi connectivity index (χ2v) is 4.41. The molecule has 0 saturated carbocycles. The molecule has 0 aliphatic rings. The van der Waals surface area contributed by atoms with Crippen LogP contribution in [0.3, 0.4) is 0 Å². The molecule has 0 unspecified atom stereocenters. The number of carbonyl (C=O) groups excluding carboxylic acids is 2. The minimum absolute atomic E-state index is 0.00810. The van der Waals surface area contributed by atoms with Crippen LogP contribution in [-0.2, 0) is 9.59 Å². The first-order valence-electron chi connectivity index (χ1n) is 4.56. The summed E-state index contributed by atoms with van der Waals surface area (Å²) in [5, 5.41) is 2.83. The molecule has 3 nitrogen and oxygen atoms in total. The van der Waals surface area contributed by atoms with Crippen LogP contribution in [0, 0.1) is 5.92 Å². The fraction of sp³-hybridized carbons (Fsp3) is 0.800. The summed E-state index contributed by atoms with van der Waals surface area (Å²) in [5.74, 6) is 0.0477. The van der Waals surface area contributed by atoms with Crippen LogP contribution >= 0.6 is 0 Å². The zero-order valence-electron chi connectivity index (χ0n) is 9.10. The van der Waals surface area contributed by atoms with E-state index < -0.39 is 5.54 Å². The summed E-state index contributed by atoms with van der Waals surface area (Å²) in [4.78, 5) is 22.2. The Morgan fingerprint density at radius 1 is 1.31 bits per heavy atom. The van der Waals surface area contributed by atoms with Gasteiger partial charge < -0.3 is 5.32 Å². The molecule has 76 valence electrons. The first-order valence-corrected chi connectivity index (χ1v) is 4.56. The largest absolute Gasteiger partial charge is 0.351 e. The third-order valence-electron chi connectivity index (χ3n) is 1.68. The molecule has 0 fully saturated rings. The molecule has 0 atom stereocenters. The molecule has 0 aliphatic carbocycles. The van der Waals surface area contributed by atoms with Gasteiger partial charge >= 0.3 is 0 Å². The van der Waals surface area contributed by atoms with Crippen molar-refractivity contribution in [3.05, 3.63) is 0 Å². The normalized spacial score (nSPS) is 11.5. The Hall–Kier alpha value is -0.860. The standard InChI is InChI=1S/C10H19NO2/c1-7(2)9(13)11-10(4,5)6-8(3)12/h7H,6H2,1-5H3,(H,11,13). The fourth-order valence-corrected chi connectivity index (χ4v) is 1.14. The second kappa shape index (κ2) is 4.40. The summed E-state index contributed by atoms with van der Waals surface area (Å²) < 4.78 is 0. The molecule has 0 saturated heterocycles. The molecule has 0 aliphatic heterocycles. The van der Waals surface area contributed by atoms with Gasteiger partial charge in [-0.3, -0.25) is 9.59 Å². The highest BCUT2D eigenvalue weighted by atomic mass is 16.2. The Balaban J connectivity index is 4.16. The summed E-state index contributed by atoms with van der Waals surface area (Å²) in [7, 11) is 0. The molecular formula is C10H19NO2. The third kappa shape index (κ3) is 5.39. The molecular weight excluding hydrogens is 166 g/mol. The lowest BCUT2D eigenvalue weighted by Gasteiger charge is -2.26. The number of rotatable bonds is 4. The maximum absolute atomic E-state index is 11.3. The zero-order valence-corrected chi connectivity index (χ0v) is 9.10. The quantitative estimate of drug-likeness (QED) is 0.721. The predicted octanol–water partition coefficient (Wildman–Crippen LogP) is 1.52. The molecule has 13 heavy (non-hydrogen) atoms. The molecule has 0 aromatic heterocycles. The van der Waals surface area contributed by atoms with Gasteiger partial charge in [0.05, 0.1) is 0 Å². The van der Waals surface area contributed by atoms with E-state index in [0.717, 1.165) is 0 Å². The lowest BCUT2D eigenvalue weighted by Crippen LogP contribution is -2.46. The lowest BCUT2D eigenvalue weighted by atomic mass is 9.97. The number of ketones is 1. The predicted molar refractivity (Wildman–Crippen MR) is 52.4 cm³/mol. The van der Waals surface area contributed by atoms with Crippen molar-refractivity contribution in [2.45, 2.75) is 46.6 Å². The van der Waals surface area contributed by atoms with E-state index in [2.05, 4.69) is 5.32 Å². The first-order chi connectivity index (χ1) is 5.74.